The molecular weight excluding hydrogens is 318 g/mol. The van der Waals surface area contributed by atoms with Gasteiger partial charge >= 0.3 is 5.97 Å². The van der Waals surface area contributed by atoms with Crippen LogP contribution in [0.5, 0.6) is 0 Å². The number of carbonyl (C=O) groups excluding carboxylic acids is 1. The number of hydrogen-bond donors (Lipinski definition) is 1. The number of carboxylic acids is 1. The van der Waals surface area contributed by atoms with E-state index in [1.54, 1.807) is 24.3 Å². The fourth-order valence-corrected chi connectivity index (χ4v) is 3.69. The summed E-state index contributed by atoms with van der Waals surface area (Å²) in [5.41, 5.74) is 0.413. The molecule has 1 N–H and O–H groups in total. The second-order valence-electron chi connectivity index (χ2n) is 5.23. The molecule has 2 heterocycles. The zero-order valence-corrected chi connectivity index (χ0v) is 13.0. The average Bonchev–Trinajstić information content (AvgIpc) is 3.04. The number of fused-ring (bicyclic) bond motifs is 1. The Morgan fingerprint density at radius 1 is 1.35 bits per heavy atom. The number of amides is 1. The van der Waals surface area contributed by atoms with Gasteiger partial charge in [0, 0.05) is 18.7 Å². The third-order valence-corrected chi connectivity index (χ3v) is 4.80. The molecule has 0 bridgehead atoms. The summed E-state index contributed by atoms with van der Waals surface area (Å²) in [5.74, 6) is -0.477. The molecule has 1 fully saturated rings. The Kier molecular flexibility index (Phi) is 4.33. The van der Waals surface area contributed by atoms with Crippen LogP contribution in [0.2, 0.25) is 0 Å². The molecule has 0 spiro atoms. The molecule has 7 nitrogen and oxygen atoms in total. The van der Waals surface area contributed by atoms with Crippen LogP contribution in [-0.2, 0) is 16.1 Å². The van der Waals surface area contributed by atoms with E-state index >= 15 is 0 Å². The minimum Gasteiger partial charge on any atom is -0.480 e. The Balaban J connectivity index is 1.73. The van der Waals surface area contributed by atoms with Gasteiger partial charge in [-0.1, -0.05) is 12.1 Å². The lowest BCUT2D eigenvalue weighted by Crippen LogP contribution is -2.42. The number of benzene rings is 1. The van der Waals surface area contributed by atoms with Crippen LogP contribution in [0.15, 0.2) is 35.4 Å². The quantitative estimate of drug-likeness (QED) is 0.888. The maximum Gasteiger partial charge on any atom is 0.327 e. The summed E-state index contributed by atoms with van der Waals surface area (Å²) < 4.78 is 1.39. The van der Waals surface area contributed by atoms with Gasteiger partial charge in [0.1, 0.15) is 6.04 Å². The number of thioether (sulfide) groups is 1. The molecule has 1 aromatic heterocycles. The lowest BCUT2D eigenvalue weighted by atomic mass is 10.2. The summed E-state index contributed by atoms with van der Waals surface area (Å²) in [6.45, 7) is 0.184. The van der Waals surface area contributed by atoms with Crippen molar-refractivity contribution < 1.29 is 14.7 Å². The average molecular weight is 333 g/mol. The van der Waals surface area contributed by atoms with Gasteiger partial charge in [-0.05, 0) is 12.1 Å². The molecule has 1 aliphatic heterocycles. The normalized spacial score (nSPS) is 17.6. The molecule has 1 amide bonds. The number of aryl methyl sites for hydroxylation is 1. The molecule has 23 heavy (non-hydrogen) atoms. The van der Waals surface area contributed by atoms with Crippen molar-refractivity contribution in [2.45, 2.75) is 19.0 Å². The summed E-state index contributed by atoms with van der Waals surface area (Å²) in [5, 5.41) is 9.61. The highest BCUT2D eigenvalue weighted by atomic mass is 32.2. The summed E-state index contributed by atoms with van der Waals surface area (Å²) >= 11 is 1.42. The predicted molar refractivity (Wildman–Crippen MR) is 86.2 cm³/mol. The Bertz CT molecular complexity index is 820. The van der Waals surface area contributed by atoms with E-state index in [0.29, 0.717) is 22.5 Å². The second kappa shape index (κ2) is 6.41. The van der Waals surface area contributed by atoms with Gasteiger partial charge in [0.25, 0.3) is 5.56 Å². The third kappa shape index (κ3) is 3.07. The van der Waals surface area contributed by atoms with Crippen molar-refractivity contribution >= 4 is 34.5 Å². The van der Waals surface area contributed by atoms with Gasteiger partial charge in [0.2, 0.25) is 5.91 Å². The van der Waals surface area contributed by atoms with E-state index < -0.39 is 12.0 Å². The number of aliphatic carboxylic acids is 1. The van der Waals surface area contributed by atoms with Crippen LogP contribution in [0.3, 0.4) is 0 Å². The van der Waals surface area contributed by atoms with Crippen LogP contribution in [0, 0.1) is 0 Å². The molecule has 0 saturated carbocycles. The number of rotatable bonds is 4. The highest BCUT2D eigenvalue weighted by molar-refractivity contribution is 7.99. The predicted octanol–water partition coefficient (Wildman–Crippen LogP) is 0.773. The summed E-state index contributed by atoms with van der Waals surface area (Å²) in [7, 11) is 0. The highest BCUT2D eigenvalue weighted by Gasteiger charge is 2.34. The van der Waals surface area contributed by atoms with Crippen LogP contribution >= 0.6 is 11.8 Å². The molecule has 0 radical (unpaired) electrons. The van der Waals surface area contributed by atoms with Crippen molar-refractivity contribution in [3.8, 4) is 0 Å². The van der Waals surface area contributed by atoms with E-state index in [9.17, 15) is 14.4 Å². The number of aromatic nitrogens is 2. The molecule has 1 atom stereocenters. The molecule has 8 heteroatoms. The summed E-state index contributed by atoms with van der Waals surface area (Å²) in [6, 6.07) is 6.24. The van der Waals surface area contributed by atoms with Crippen molar-refractivity contribution in [3.05, 3.63) is 40.9 Å². The maximum absolute atomic E-state index is 12.3. The third-order valence-electron chi connectivity index (χ3n) is 3.79. The minimum atomic E-state index is -0.993. The SMILES string of the molecule is O=C(O)[C@@H]1CSCN1C(=O)CCn1cnc2ccccc2c1=O. The van der Waals surface area contributed by atoms with Crippen molar-refractivity contribution in [2.75, 3.05) is 11.6 Å². The minimum absolute atomic E-state index is 0.0737. The molecule has 0 aliphatic carbocycles. The number of carboxylic acid groups (broad SMARTS) is 1. The summed E-state index contributed by atoms with van der Waals surface area (Å²) in [6.07, 6.45) is 1.50. The highest BCUT2D eigenvalue weighted by Crippen LogP contribution is 2.21. The first-order valence-corrected chi connectivity index (χ1v) is 8.27. The zero-order chi connectivity index (χ0) is 16.4. The van der Waals surface area contributed by atoms with Gasteiger partial charge in [0.05, 0.1) is 23.1 Å². The van der Waals surface area contributed by atoms with E-state index in [4.69, 9.17) is 5.11 Å². The van der Waals surface area contributed by atoms with Crippen molar-refractivity contribution in [1.82, 2.24) is 14.5 Å². The van der Waals surface area contributed by atoms with Crippen LogP contribution in [0.1, 0.15) is 6.42 Å². The molecule has 2 aromatic rings. The molecule has 3 rings (SSSR count). The van der Waals surface area contributed by atoms with Gasteiger partial charge in [0.15, 0.2) is 0 Å². The first-order valence-electron chi connectivity index (χ1n) is 7.12. The molecule has 1 aliphatic rings. The Hall–Kier alpha value is -2.35. The van der Waals surface area contributed by atoms with Crippen LogP contribution < -0.4 is 5.56 Å². The molecular formula is C15H15N3O4S. The lowest BCUT2D eigenvalue weighted by molar-refractivity contribution is -0.147. The van der Waals surface area contributed by atoms with Crippen molar-refractivity contribution in [3.63, 3.8) is 0 Å². The fourth-order valence-electron chi connectivity index (χ4n) is 2.52. The van der Waals surface area contributed by atoms with E-state index in [2.05, 4.69) is 4.98 Å². The molecule has 0 unspecified atom stereocenters. The van der Waals surface area contributed by atoms with E-state index in [1.807, 2.05) is 0 Å². The largest absolute Gasteiger partial charge is 0.480 e. The van der Waals surface area contributed by atoms with Gasteiger partial charge in [-0.3, -0.25) is 14.2 Å². The van der Waals surface area contributed by atoms with Crippen molar-refractivity contribution in [2.24, 2.45) is 0 Å². The fraction of sp³-hybridized carbons (Fsp3) is 0.333. The van der Waals surface area contributed by atoms with Gasteiger partial charge in [-0.15, -0.1) is 11.8 Å². The Morgan fingerprint density at radius 3 is 2.91 bits per heavy atom. The van der Waals surface area contributed by atoms with Gasteiger partial charge in [-0.2, -0.15) is 0 Å². The first kappa shape index (κ1) is 15.5. The van der Waals surface area contributed by atoms with Crippen LogP contribution in [-0.4, -0.2) is 49.1 Å². The van der Waals surface area contributed by atoms with Crippen LogP contribution in [0.4, 0.5) is 0 Å². The Morgan fingerprint density at radius 2 is 2.13 bits per heavy atom. The first-order chi connectivity index (χ1) is 11.1. The second-order valence-corrected chi connectivity index (χ2v) is 6.23. The maximum atomic E-state index is 12.3. The summed E-state index contributed by atoms with van der Waals surface area (Å²) in [4.78, 5) is 41.2. The Labute approximate surface area is 135 Å². The lowest BCUT2D eigenvalue weighted by Gasteiger charge is -2.20. The smallest absolute Gasteiger partial charge is 0.327 e. The molecule has 1 aromatic carbocycles. The number of hydrogen-bond acceptors (Lipinski definition) is 5. The van der Waals surface area contributed by atoms with E-state index in [-0.39, 0.29) is 24.4 Å². The zero-order valence-electron chi connectivity index (χ0n) is 12.2. The number of carbonyl (C=O) groups is 2. The van der Waals surface area contributed by atoms with Gasteiger partial charge < -0.3 is 10.0 Å². The topological polar surface area (TPSA) is 92.5 Å². The molecule has 1 saturated heterocycles. The van der Waals surface area contributed by atoms with E-state index in [0.717, 1.165) is 0 Å². The van der Waals surface area contributed by atoms with Crippen LogP contribution in [0.25, 0.3) is 10.9 Å². The monoisotopic (exact) mass is 333 g/mol. The van der Waals surface area contributed by atoms with E-state index in [1.165, 1.54) is 27.6 Å². The number of nitrogens with zero attached hydrogens (tertiary/aromatic N) is 3. The standard InChI is InChI=1S/C15H15N3O4S/c19-13(18-9-23-7-12(18)15(21)22)5-6-17-8-16-11-4-2-1-3-10(11)14(17)20/h1-4,8,12H,5-7,9H2,(H,21,22)/t12-/m0/s1. The van der Waals surface area contributed by atoms with Gasteiger partial charge in [-0.25, -0.2) is 9.78 Å². The van der Waals surface area contributed by atoms with Crippen molar-refractivity contribution in [1.29, 1.82) is 0 Å². The molecule has 120 valence electrons. The number of para-hydroxylation sites is 1.